The van der Waals surface area contributed by atoms with Crippen molar-refractivity contribution >= 4 is 27.6 Å². The van der Waals surface area contributed by atoms with Crippen LogP contribution in [-0.4, -0.2) is 12.0 Å². The molecule has 0 spiro atoms. The minimum atomic E-state index is -0.306. The standard InChI is InChI=1S/C10H11BrFN3/c11-8-4-1-6(12)5-9(8)15-10(13)14-7-2-3-7/h1,4-5,7H,2-3H2,(H3,13,14,15). The molecule has 1 aromatic rings. The van der Waals surface area contributed by atoms with Gasteiger partial charge < -0.3 is 11.1 Å². The van der Waals surface area contributed by atoms with Crippen LogP contribution in [0.15, 0.2) is 27.7 Å². The Hall–Kier alpha value is -1.10. The second-order valence-corrected chi connectivity index (χ2v) is 4.35. The Bertz CT molecular complexity index is 402. The van der Waals surface area contributed by atoms with Crippen molar-refractivity contribution in [1.29, 1.82) is 0 Å². The molecular weight excluding hydrogens is 261 g/mol. The highest BCUT2D eigenvalue weighted by molar-refractivity contribution is 9.10. The fourth-order valence-electron chi connectivity index (χ4n) is 1.16. The van der Waals surface area contributed by atoms with E-state index >= 15 is 0 Å². The van der Waals surface area contributed by atoms with E-state index in [1.807, 2.05) is 0 Å². The van der Waals surface area contributed by atoms with E-state index in [0.717, 1.165) is 17.3 Å². The van der Waals surface area contributed by atoms with E-state index in [9.17, 15) is 4.39 Å². The minimum Gasteiger partial charge on any atom is -0.370 e. The molecule has 1 fully saturated rings. The molecule has 15 heavy (non-hydrogen) atoms. The van der Waals surface area contributed by atoms with Crippen LogP contribution in [0.5, 0.6) is 0 Å². The lowest BCUT2D eigenvalue weighted by Gasteiger charge is -2.07. The molecule has 0 heterocycles. The van der Waals surface area contributed by atoms with E-state index in [-0.39, 0.29) is 5.82 Å². The summed E-state index contributed by atoms with van der Waals surface area (Å²) in [4.78, 5) is 4.19. The SMILES string of the molecule is NC(=NC1CC1)Nc1cc(F)ccc1Br. The highest BCUT2D eigenvalue weighted by atomic mass is 79.9. The van der Waals surface area contributed by atoms with Crippen LogP contribution in [0, 0.1) is 5.82 Å². The summed E-state index contributed by atoms with van der Waals surface area (Å²) in [7, 11) is 0. The van der Waals surface area contributed by atoms with Crippen LogP contribution < -0.4 is 11.1 Å². The van der Waals surface area contributed by atoms with E-state index in [1.165, 1.54) is 12.1 Å². The van der Waals surface area contributed by atoms with E-state index in [2.05, 4.69) is 26.2 Å². The van der Waals surface area contributed by atoms with Crippen LogP contribution in [0.3, 0.4) is 0 Å². The van der Waals surface area contributed by atoms with Gasteiger partial charge in [-0.2, -0.15) is 0 Å². The molecule has 0 radical (unpaired) electrons. The fraction of sp³-hybridized carbons (Fsp3) is 0.300. The minimum absolute atomic E-state index is 0.306. The van der Waals surface area contributed by atoms with E-state index in [4.69, 9.17) is 5.73 Å². The Kier molecular flexibility index (Phi) is 2.90. The van der Waals surface area contributed by atoms with Crippen LogP contribution in [-0.2, 0) is 0 Å². The molecule has 3 nitrogen and oxygen atoms in total. The van der Waals surface area contributed by atoms with Crippen molar-refractivity contribution in [2.45, 2.75) is 18.9 Å². The van der Waals surface area contributed by atoms with Gasteiger partial charge >= 0.3 is 0 Å². The first kappa shape index (κ1) is 10.4. The monoisotopic (exact) mass is 271 g/mol. The van der Waals surface area contributed by atoms with Gasteiger partial charge in [-0.3, -0.25) is 0 Å². The Morgan fingerprint density at radius 2 is 2.27 bits per heavy atom. The molecule has 80 valence electrons. The molecule has 0 unspecified atom stereocenters. The highest BCUT2D eigenvalue weighted by Gasteiger charge is 2.20. The topological polar surface area (TPSA) is 50.4 Å². The quantitative estimate of drug-likeness (QED) is 0.642. The Morgan fingerprint density at radius 3 is 2.93 bits per heavy atom. The third-order valence-corrected chi connectivity index (χ3v) is 2.75. The number of benzene rings is 1. The van der Waals surface area contributed by atoms with Gasteiger partial charge in [0.25, 0.3) is 0 Å². The zero-order chi connectivity index (χ0) is 10.8. The van der Waals surface area contributed by atoms with Crippen molar-refractivity contribution in [3.8, 4) is 0 Å². The normalized spacial score (nSPS) is 16.5. The second-order valence-electron chi connectivity index (χ2n) is 3.49. The third kappa shape index (κ3) is 2.92. The van der Waals surface area contributed by atoms with Crippen molar-refractivity contribution in [2.75, 3.05) is 5.32 Å². The maximum atomic E-state index is 12.9. The summed E-state index contributed by atoms with van der Waals surface area (Å²) < 4.78 is 13.7. The lowest BCUT2D eigenvalue weighted by Crippen LogP contribution is -2.23. The molecule has 0 bridgehead atoms. The summed E-state index contributed by atoms with van der Waals surface area (Å²) in [6, 6.07) is 4.73. The van der Waals surface area contributed by atoms with Gasteiger partial charge in [0.2, 0.25) is 0 Å². The number of anilines is 1. The summed E-state index contributed by atoms with van der Waals surface area (Å²) >= 11 is 3.30. The van der Waals surface area contributed by atoms with Gasteiger partial charge in [0, 0.05) is 4.47 Å². The number of nitrogens with one attached hydrogen (secondary N) is 1. The molecular formula is C10H11BrFN3. The zero-order valence-electron chi connectivity index (χ0n) is 8.00. The average Bonchev–Trinajstić information content (AvgIpc) is 2.95. The maximum Gasteiger partial charge on any atom is 0.193 e. The molecule has 1 aliphatic carbocycles. The lowest BCUT2D eigenvalue weighted by molar-refractivity contribution is 0.628. The number of rotatable bonds is 2. The van der Waals surface area contributed by atoms with Gasteiger partial charge in [-0.05, 0) is 47.0 Å². The van der Waals surface area contributed by atoms with E-state index in [1.54, 1.807) is 6.07 Å². The average molecular weight is 272 g/mol. The first-order chi connectivity index (χ1) is 7.15. The van der Waals surface area contributed by atoms with Crippen molar-refractivity contribution in [2.24, 2.45) is 10.7 Å². The van der Waals surface area contributed by atoms with Crippen LogP contribution in [0.4, 0.5) is 10.1 Å². The molecule has 0 amide bonds. The van der Waals surface area contributed by atoms with Gasteiger partial charge in [-0.15, -0.1) is 0 Å². The maximum absolute atomic E-state index is 12.9. The Labute approximate surface area is 95.7 Å². The number of aliphatic imine (C=N–C) groups is 1. The number of halogens is 2. The van der Waals surface area contributed by atoms with Gasteiger partial charge in [0.05, 0.1) is 11.7 Å². The predicted molar refractivity (Wildman–Crippen MR) is 62.4 cm³/mol. The molecule has 5 heteroatoms. The fourth-order valence-corrected chi connectivity index (χ4v) is 1.51. The van der Waals surface area contributed by atoms with Gasteiger partial charge in [0.1, 0.15) is 5.82 Å². The lowest BCUT2D eigenvalue weighted by atomic mass is 10.3. The molecule has 1 aliphatic rings. The summed E-state index contributed by atoms with van der Waals surface area (Å²) in [6.45, 7) is 0. The summed E-state index contributed by atoms with van der Waals surface area (Å²) in [5.41, 5.74) is 6.26. The summed E-state index contributed by atoms with van der Waals surface area (Å²) in [6.07, 6.45) is 2.18. The summed E-state index contributed by atoms with van der Waals surface area (Å²) in [5.74, 6) is 0.0312. The van der Waals surface area contributed by atoms with Crippen molar-refractivity contribution in [3.63, 3.8) is 0 Å². The molecule has 3 N–H and O–H groups in total. The van der Waals surface area contributed by atoms with Gasteiger partial charge in [-0.1, -0.05) is 0 Å². The molecule has 0 aliphatic heterocycles. The third-order valence-electron chi connectivity index (χ3n) is 2.06. The second kappa shape index (κ2) is 4.18. The molecule has 1 aromatic carbocycles. The number of hydrogen-bond donors (Lipinski definition) is 2. The summed E-state index contributed by atoms with van der Waals surface area (Å²) in [5, 5.41) is 2.86. The predicted octanol–water partition coefficient (Wildman–Crippen LogP) is 2.48. The van der Waals surface area contributed by atoms with Gasteiger partial charge in [0.15, 0.2) is 5.96 Å². The zero-order valence-corrected chi connectivity index (χ0v) is 9.59. The number of guanidine groups is 1. The Balaban J connectivity index is 2.11. The molecule has 1 saturated carbocycles. The number of nitrogens with two attached hydrogens (primary N) is 1. The van der Waals surface area contributed by atoms with Crippen LogP contribution in [0.2, 0.25) is 0 Å². The molecule has 0 saturated heterocycles. The molecule has 2 rings (SSSR count). The Morgan fingerprint density at radius 1 is 1.53 bits per heavy atom. The van der Waals surface area contributed by atoms with Crippen molar-refractivity contribution < 1.29 is 4.39 Å². The van der Waals surface area contributed by atoms with Crippen molar-refractivity contribution in [1.82, 2.24) is 0 Å². The first-order valence-electron chi connectivity index (χ1n) is 4.70. The number of hydrogen-bond acceptors (Lipinski definition) is 1. The molecule has 0 atom stereocenters. The van der Waals surface area contributed by atoms with Gasteiger partial charge in [-0.25, -0.2) is 9.38 Å². The molecule has 0 aromatic heterocycles. The highest BCUT2D eigenvalue weighted by Crippen LogP contribution is 2.25. The van der Waals surface area contributed by atoms with Crippen LogP contribution in [0.25, 0.3) is 0 Å². The number of nitrogens with zero attached hydrogens (tertiary/aromatic N) is 1. The first-order valence-corrected chi connectivity index (χ1v) is 5.50. The van der Waals surface area contributed by atoms with Crippen molar-refractivity contribution in [3.05, 3.63) is 28.5 Å². The van der Waals surface area contributed by atoms with E-state index < -0.39 is 0 Å². The smallest absolute Gasteiger partial charge is 0.193 e. The largest absolute Gasteiger partial charge is 0.370 e. The van der Waals surface area contributed by atoms with Crippen LogP contribution in [0.1, 0.15) is 12.8 Å². The van der Waals surface area contributed by atoms with E-state index in [0.29, 0.717) is 17.7 Å². The van der Waals surface area contributed by atoms with Crippen LogP contribution >= 0.6 is 15.9 Å².